The average Bonchev–Trinajstić information content (AvgIpc) is 2.46. The molecule has 19 heavy (non-hydrogen) atoms. The quantitative estimate of drug-likeness (QED) is 0.834. The normalized spacial score (nSPS) is 15.4. The van der Waals surface area contributed by atoms with Crippen molar-refractivity contribution in [2.75, 3.05) is 32.1 Å². The van der Waals surface area contributed by atoms with Gasteiger partial charge >= 0.3 is 0 Å². The fourth-order valence-electron chi connectivity index (χ4n) is 2.13. The standard InChI is InChI=1S/C15H22N2O2/c1-16(2)14-8-5-13(6-9-14)7-10-15(18)17-11-3-4-12-19-17/h5-6,8-9H,3-4,7,10-12H2,1-2H3. The molecule has 4 nitrogen and oxygen atoms in total. The van der Waals surface area contributed by atoms with Gasteiger partial charge in [0.1, 0.15) is 0 Å². The summed E-state index contributed by atoms with van der Waals surface area (Å²) in [5.41, 5.74) is 2.37. The summed E-state index contributed by atoms with van der Waals surface area (Å²) in [7, 11) is 4.04. The molecule has 1 fully saturated rings. The first-order valence-electron chi connectivity index (χ1n) is 6.86. The highest BCUT2D eigenvalue weighted by molar-refractivity contribution is 5.75. The van der Waals surface area contributed by atoms with Gasteiger partial charge in [0.25, 0.3) is 0 Å². The predicted octanol–water partition coefficient (Wildman–Crippen LogP) is 2.24. The molecular formula is C15H22N2O2. The summed E-state index contributed by atoms with van der Waals surface area (Å²) in [4.78, 5) is 19.4. The highest BCUT2D eigenvalue weighted by Crippen LogP contribution is 2.14. The molecule has 4 heteroatoms. The number of rotatable bonds is 4. The van der Waals surface area contributed by atoms with Crippen LogP contribution in [0.4, 0.5) is 5.69 Å². The van der Waals surface area contributed by atoms with E-state index in [1.165, 1.54) is 16.3 Å². The molecule has 1 saturated heterocycles. The van der Waals surface area contributed by atoms with Crippen LogP contribution < -0.4 is 4.90 Å². The second kappa shape index (κ2) is 6.57. The number of carbonyl (C=O) groups is 1. The maximum Gasteiger partial charge on any atom is 0.246 e. The Hall–Kier alpha value is -1.55. The minimum absolute atomic E-state index is 0.0939. The Labute approximate surface area is 114 Å². The molecular weight excluding hydrogens is 240 g/mol. The van der Waals surface area contributed by atoms with Crippen molar-refractivity contribution in [2.24, 2.45) is 0 Å². The number of amides is 1. The summed E-state index contributed by atoms with van der Waals surface area (Å²) in [6, 6.07) is 8.33. The van der Waals surface area contributed by atoms with E-state index < -0.39 is 0 Å². The maximum absolute atomic E-state index is 11.9. The van der Waals surface area contributed by atoms with Crippen LogP contribution in [0.2, 0.25) is 0 Å². The maximum atomic E-state index is 11.9. The third-order valence-corrected chi connectivity index (χ3v) is 3.36. The molecule has 0 N–H and O–H groups in total. The number of carbonyl (C=O) groups excluding carboxylic acids is 1. The number of hydroxylamine groups is 2. The van der Waals surface area contributed by atoms with Crippen LogP contribution in [-0.4, -0.2) is 38.2 Å². The molecule has 0 saturated carbocycles. The van der Waals surface area contributed by atoms with Crippen molar-refractivity contribution in [1.29, 1.82) is 0 Å². The first kappa shape index (κ1) is 13.9. The summed E-state index contributed by atoms with van der Waals surface area (Å²) in [6.45, 7) is 1.40. The van der Waals surface area contributed by atoms with Crippen LogP contribution in [-0.2, 0) is 16.1 Å². The van der Waals surface area contributed by atoms with Gasteiger partial charge in [0.15, 0.2) is 0 Å². The monoisotopic (exact) mass is 262 g/mol. The van der Waals surface area contributed by atoms with Gasteiger partial charge in [-0.25, -0.2) is 5.06 Å². The molecule has 0 bridgehead atoms. The van der Waals surface area contributed by atoms with E-state index in [4.69, 9.17) is 4.84 Å². The third kappa shape index (κ3) is 3.96. The Morgan fingerprint density at radius 3 is 2.58 bits per heavy atom. The Morgan fingerprint density at radius 1 is 1.26 bits per heavy atom. The Kier molecular flexibility index (Phi) is 4.80. The van der Waals surface area contributed by atoms with Gasteiger partial charge in [-0.1, -0.05) is 12.1 Å². The summed E-state index contributed by atoms with van der Waals surface area (Å²) in [5, 5.41) is 1.53. The Balaban J connectivity index is 1.82. The van der Waals surface area contributed by atoms with Gasteiger partial charge in [-0.15, -0.1) is 0 Å². The SMILES string of the molecule is CN(C)c1ccc(CCC(=O)N2CCCCO2)cc1. The lowest BCUT2D eigenvalue weighted by Gasteiger charge is -2.25. The molecule has 1 heterocycles. The van der Waals surface area contributed by atoms with Gasteiger partial charge in [-0.05, 0) is 37.0 Å². The van der Waals surface area contributed by atoms with E-state index in [9.17, 15) is 4.79 Å². The fourth-order valence-corrected chi connectivity index (χ4v) is 2.13. The lowest BCUT2D eigenvalue weighted by Crippen LogP contribution is -2.35. The van der Waals surface area contributed by atoms with Crippen molar-refractivity contribution in [2.45, 2.75) is 25.7 Å². The zero-order valence-electron chi connectivity index (χ0n) is 11.8. The molecule has 104 valence electrons. The second-order valence-electron chi connectivity index (χ2n) is 5.10. The van der Waals surface area contributed by atoms with E-state index in [0.717, 1.165) is 25.8 Å². The Bertz CT molecular complexity index is 409. The van der Waals surface area contributed by atoms with Crippen LogP contribution >= 0.6 is 0 Å². The van der Waals surface area contributed by atoms with Crippen LogP contribution in [0.3, 0.4) is 0 Å². The molecule has 1 aliphatic rings. The smallest absolute Gasteiger partial charge is 0.246 e. The van der Waals surface area contributed by atoms with Crippen LogP contribution in [0.5, 0.6) is 0 Å². The Morgan fingerprint density at radius 2 is 2.00 bits per heavy atom. The number of benzene rings is 1. The van der Waals surface area contributed by atoms with E-state index in [1.54, 1.807) is 0 Å². The number of hydrogen-bond donors (Lipinski definition) is 0. The van der Waals surface area contributed by atoms with Crippen molar-refractivity contribution >= 4 is 11.6 Å². The molecule has 0 spiro atoms. The second-order valence-corrected chi connectivity index (χ2v) is 5.10. The zero-order chi connectivity index (χ0) is 13.7. The van der Waals surface area contributed by atoms with E-state index in [1.807, 2.05) is 14.1 Å². The lowest BCUT2D eigenvalue weighted by molar-refractivity contribution is -0.197. The van der Waals surface area contributed by atoms with Gasteiger partial charge < -0.3 is 4.90 Å². The molecule has 0 radical (unpaired) electrons. The minimum Gasteiger partial charge on any atom is -0.378 e. The van der Waals surface area contributed by atoms with Crippen LogP contribution in [0.25, 0.3) is 0 Å². The zero-order valence-corrected chi connectivity index (χ0v) is 11.8. The molecule has 0 aliphatic carbocycles. The fraction of sp³-hybridized carbons (Fsp3) is 0.533. The average molecular weight is 262 g/mol. The van der Waals surface area contributed by atoms with Gasteiger partial charge in [0.05, 0.1) is 6.61 Å². The largest absolute Gasteiger partial charge is 0.378 e. The van der Waals surface area contributed by atoms with Crippen molar-refractivity contribution in [3.05, 3.63) is 29.8 Å². The summed E-state index contributed by atoms with van der Waals surface area (Å²) >= 11 is 0. The molecule has 1 aliphatic heterocycles. The van der Waals surface area contributed by atoms with E-state index >= 15 is 0 Å². The van der Waals surface area contributed by atoms with Crippen LogP contribution in [0.15, 0.2) is 24.3 Å². The van der Waals surface area contributed by atoms with Gasteiger partial charge in [0, 0.05) is 32.7 Å². The first-order chi connectivity index (χ1) is 9.16. The number of hydrogen-bond acceptors (Lipinski definition) is 3. The number of anilines is 1. The summed E-state index contributed by atoms with van der Waals surface area (Å²) in [6.07, 6.45) is 3.38. The lowest BCUT2D eigenvalue weighted by atomic mass is 10.1. The topological polar surface area (TPSA) is 32.8 Å². The van der Waals surface area contributed by atoms with Crippen molar-refractivity contribution in [3.63, 3.8) is 0 Å². The summed E-state index contributed by atoms with van der Waals surface area (Å²) < 4.78 is 0. The summed E-state index contributed by atoms with van der Waals surface area (Å²) in [5.74, 6) is 0.0939. The molecule has 2 rings (SSSR count). The molecule has 1 amide bonds. The number of nitrogens with zero attached hydrogens (tertiary/aromatic N) is 2. The van der Waals surface area contributed by atoms with Crippen molar-refractivity contribution in [3.8, 4) is 0 Å². The van der Waals surface area contributed by atoms with Gasteiger partial charge in [0.2, 0.25) is 5.91 Å². The van der Waals surface area contributed by atoms with Crippen LogP contribution in [0, 0.1) is 0 Å². The van der Waals surface area contributed by atoms with E-state index in [-0.39, 0.29) is 5.91 Å². The van der Waals surface area contributed by atoms with Crippen molar-refractivity contribution in [1.82, 2.24) is 5.06 Å². The molecule has 1 aromatic carbocycles. The van der Waals surface area contributed by atoms with Gasteiger partial charge in [-0.3, -0.25) is 9.63 Å². The van der Waals surface area contributed by atoms with Gasteiger partial charge in [-0.2, -0.15) is 0 Å². The predicted molar refractivity (Wildman–Crippen MR) is 76.0 cm³/mol. The highest BCUT2D eigenvalue weighted by Gasteiger charge is 2.17. The molecule has 0 aromatic heterocycles. The molecule has 1 aromatic rings. The highest BCUT2D eigenvalue weighted by atomic mass is 16.7. The first-order valence-corrected chi connectivity index (χ1v) is 6.86. The van der Waals surface area contributed by atoms with E-state index in [0.29, 0.717) is 13.0 Å². The van der Waals surface area contributed by atoms with Crippen LogP contribution in [0.1, 0.15) is 24.8 Å². The minimum atomic E-state index is 0.0939. The molecule has 0 atom stereocenters. The molecule has 0 unspecified atom stereocenters. The van der Waals surface area contributed by atoms with Crippen molar-refractivity contribution < 1.29 is 9.63 Å². The third-order valence-electron chi connectivity index (χ3n) is 3.36. The van der Waals surface area contributed by atoms with E-state index in [2.05, 4.69) is 29.2 Å². The number of aryl methyl sites for hydroxylation is 1.